The van der Waals surface area contributed by atoms with Crippen LogP contribution in [0.3, 0.4) is 0 Å². The van der Waals surface area contributed by atoms with E-state index >= 15 is 0 Å². The second kappa shape index (κ2) is 9.51. The van der Waals surface area contributed by atoms with Crippen LogP contribution >= 0.6 is 0 Å². The summed E-state index contributed by atoms with van der Waals surface area (Å²) in [7, 11) is 0. The van der Waals surface area contributed by atoms with Crippen molar-refractivity contribution in [1.29, 1.82) is 0 Å². The maximum absolute atomic E-state index is 12.4. The van der Waals surface area contributed by atoms with E-state index < -0.39 is 18.2 Å². The number of amides is 2. The normalized spacial score (nSPS) is 16.6. The maximum Gasteiger partial charge on any atom is 0.573 e. The molecule has 2 aromatic rings. The van der Waals surface area contributed by atoms with E-state index in [1.165, 1.54) is 12.1 Å². The Balaban J connectivity index is 1.48. The van der Waals surface area contributed by atoms with Gasteiger partial charge in [0.15, 0.2) is 0 Å². The van der Waals surface area contributed by atoms with Crippen LogP contribution in [0.2, 0.25) is 0 Å². The molecule has 160 valence electrons. The molecule has 1 saturated heterocycles. The summed E-state index contributed by atoms with van der Waals surface area (Å²) in [6, 6.07) is 13.9. The Morgan fingerprint density at radius 1 is 1.07 bits per heavy atom. The molecule has 30 heavy (non-hydrogen) atoms. The summed E-state index contributed by atoms with van der Waals surface area (Å²) < 4.78 is 45.7. The number of hydrogen-bond donors (Lipinski definition) is 1. The third kappa shape index (κ3) is 6.40. The second-order valence-corrected chi connectivity index (χ2v) is 6.88. The Morgan fingerprint density at radius 3 is 2.43 bits per heavy atom. The molecular formula is C21H21F3N2O4. The molecule has 0 unspecified atom stereocenters. The fourth-order valence-corrected chi connectivity index (χ4v) is 3.14. The fraction of sp³-hybridized carbons (Fsp3) is 0.333. The molecule has 3 rings (SSSR count). The molecule has 0 saturated carbocycles. The number of para-hydroxylation sites is 1. The standard InChI is InChI=1S/C21H21F3N2O4/c22-21(23,24)30-18-10-8-15(9-11-18)14-29-19(27)16-5-4-12-26(13-16)20(28)25-17-6-2-1-3-7-17/h1-3,6-11,16H,4-5,12-14H2,(H,25,28)/t16-/m1/s1. The number of esters is 1. The lowest BCUT2D eigenvalue weighted by atomic mass is 9.98. The molecule has 1 aliphatic heterocycles. The van der Waals surface area contributed by atoms with Gasteiger partial charge in [-0.25, -0.2) is 4.79 Å². The molecule has 1 atom stereocenters. The van der Waals surface area contributed by atoms with Gasteiger partial charge < -0.3 is 19.7 Å². The number of rotatable bonds is 5. The van der Waals surface area contributed by atoms with Crippen molar-refractivity contribution in [2.45, 2.75) is 25.8 Å². The number of alkyl halides is 3. The van der Waals surface area contributed by atoms with E-state index in [0.717, 1.165) is 12.1 Å². The van der Waals surface area contributed by atoms with Gasteiger partial charge in [-0.2, -0.15) is 0 Å². The average Bonchev–Trinajstić information content (AvgIpc) is 2.73. The smallest absolute Gasteiger partial charge is 0.461 e. The highest BCUT2D eigenvalue weighted by atomic mass is 19.4. The first-order valence-electron chi connectivity index (χ1n) is 9.42. The number of carbonyl (C=O) groups is 2. The van der Waals surface area contributed by atoms with E-state index in [1.54, 1.807) is 17.0 Å². The number of halogens is 3. The van der Waals surface area contributed by atoms with Crippen LogP contribution in [0.15, 0.2) is 54.6 Å². The van der Waals surface area contributed by atoms with Crippen LogP contribution in [0.1, 0.15) is 18.4 Å². The number of anilines is 1. The number of nitrogens with one attached hydrogen (secondary N) is 1. The summed E-state index contributed by atoms with van der Waals surface area (Å²) in [4.78, 5) is 26.4. The van der Waals surface area contributed by atoms with Gasteiger partial charge in [0.2, 0.25) is 0 Å². The molecule has 6 nitrogen and oxygen atoms in total. The quantitative estimate of drug-likeness (QED) is 0.717. The summed E-state index contributed by atoms with van der Waals surface area (Å²) in [5.41, 5.74) is 1.21. The van der Waals surface area contributed by atoms with Crippen LogP contribution in [-0.4, -0.2) is 36.4 Å². The highest BCUT2D eigenvalue weighted by Crippen LogP contribution is 2.23. The second-order valence-electron chi connectivity index (χ2n) is 6.88. The van der Waals surface area contributed by atoms with Crippen molar-refractivity contribution in [3.8, 4) is 5.75 Å². The first-order chi connectivity index (χ1) is 14.3. The highest BCUT2D eigenvalue weighted by Gasteiger charge is 2.31. The number of carbonyl (C=O) groups excluding carboxylic acids is 2. The summed E-state index contributed by atoms with van der Waals surface area (Å²) >= 11 is 0. The number of piperidine rings is 1. The minimum absolute atomic E-state index is 0.0716. The van der Waals surface area contributed by atoms with E-state index in [0.29, 0.717) is 30.6 Å². The highest BCUT2D eigenvalue weighted by molar-refractivity contribution is 5.89. The lowest BCUT2D eigenvalue weighted by Crippen LogP contribution is -2.44. The lowest BCUT2D eigenvalue weighted by molar-refractivity contribution is -0.274. The maximum atomic E-state index is 12.4. The summed E-state index contributed by atoms with van der Waals surface area (Å²) in [5, 5.41) is 2.79. The van der Waals surface area contributed by atoms with Crippen molar-refractivity contribution in [3.05, 3.63) is 60.2 Å². The molecule has 0 aliphatic carbocycles. The largest absolute Gasteiger partial charge is 0.573 e. The van der Waals surface area contributed by atoms with Crippen LogP contribution in [-0.2, 0) is 16.1 Å². The van der Waals surface area contributed by atoms with Crippen molar-refractivity contribution in [1.82, 2.24) is 4.90 Å². The third-order valence-corrected chi connectivity index (χ3v) is 4.61. The van der Waals surface area contributed by atoms with E-state index in [1.807, 2.05) is 18.2 Å². The van der Waals surface area contributed by atoms with Crippen LogP contribution in [0.5, 0.6) is 5.75 Å². The number of hydrogen-bond acceptors (Lipinski definition) is 4. The number of likely N-dealkylation sites (tertiary alicyclic amines) is 1. The first kappa shape index (κ1) is 21.5. The van der Waals surface area contributed by atoms with Gasteiger partial charge in [0, 0.05) is 18.8 Å². The lowest BCUT2D eigenvalue weighted by Gasteiger charge is -2.31. The molecule has 1 aliphatic rings. The van der Waals surface area contributed by atoms with Crippen LogP contribution in [0.25, 0.3) is 0 Å². The van der Waals surface area contributed by atoms with E-state index in [2.05, 4.69) is 10.1 Å². The van der Waals surface area contributed by atoms with E-state index in [9.17, 15) is 22.8 Å². The van der Waals surface area contributed by atoms with Gasteiger partial charge >= 0.3 is 18.4 Å². The molecular weight excluding hydrogens is 401 g/mol. The zero-order chi connectivity index (χ0) is 21.6. The van der Waals surface area contributed by atoms with Gasteiger partial charge in [-0.05, 0) is 42.7 Å². The zero-order valence-corrected chi connectivity index (χ0v) is 16.0. The van der Waals surface area contributed by atoms with Crippen molar-refractivity contribution in [3.63, 3.8) is 0 Å². The summed E-state index contributed by atoms with van der Waals surface area (Å²) in [5.74, 6) is -1.24. The minimum atomic E-state index is -4.76. The van der Waals surface area contributed by atoms with Crippen LogP contribution in [0, 0.1) is 5.92 Å². The molecule has 0 aromatic heterocycles. The van der Waals surface area contributed by atoms with E-state index in [4.69, 9.17) is 4.74 Å². The molecule has 9 heteroatoms. The number of urea groups is 1. The Kier molecular flexibility index (Phi) is 6.81. The molecule has 0 spiro atoms. The Labute approximate surface area is 171 Å². The average molecular weight is 422 g/mol. The molecule has 2 amide bonds. The Hall–Kier alpha value is -3.23. The van der Waals surface area contributed by atoms with Gasteiger partial charge in [-0.1, -0.05) is 30.3 Å². The fourth-order valence-electron chi connectivity index (χ4n) is 3.14. The number of benzene rings is 2. The van der Waals surface area contributed by atoms with Gasteiger partial charge in [0.25, 0.3) is 0 Å². The van der Waals surface area contributed by atoms with Crippen LogP contribution < -0.4 is 10.1 Å². The van der Waals surface area contributed by atoms with Crippen molar-refractivity contribution < 1.29 is 32.2 Å². The van der Waals surface area contributed by atoms with Crippen molar-refractivity contribution >= 4 is 17.7 Å². The van der Waals surface area contributed by atoms with Gasteiger partial charge in [-0.3, -0.25) is 4.79 Å². The summed E-state index contributed by atoms with van der Waals surface area (Å²) in [6.07, 6.45) is -3.48. The third-order valence-electron chi connectivity index (χ3n) is 4.61. The number of nitrogens with zero attached hydrogens (tertiary/aromatic N) is 1. The molecule has 2 aromatic carbocycles. The molecule has 0 bridgehead atoms. The molecule has 0 radical (unpaired) electrons. The first-order valence-corrected chi connectivity index (χ1v) is 9.42. The SMILES string of the molecule is O=C(OCc1ccc(OC(F)(F)F)cc1)[C@@H]1CCCN(C(=O)Nc2ccccc2)C1. The van der Waals surface area contributed by atoms with Gasteiger partial charge in [0.05, 0.1) is 5.92 Å². The van der Waals surface area contributed by atoms with Crippen molar-refractivity contribution in [2.24, 2.45) is 5.92 Å². The van der Waals surface area contributed by atoms with Gasteiger partial charge in [0.1, 0.15) is 12.4 Å². The number of ether oxygens (including phenoxy) is 2. The van der Waals surface area contributed by atoms with Crippen molar-refractivity contribution in [2.75, 3.05) is 18.4 Å². The molecule has 1 N–H and O–H groups in total. The molecule has 1 fully saturated rings. The van der Waals surface area contributed by atoms with Gasteiger partial charge in [-0.15, -0.1) is 13.2 Å². The Morgan fingerprint density at radius 2 is 1.77 bits per heavy atom. The van der Waals surface area contributed by atoms with E-state index in [-0.39, 0.29) is 24.9 Å². The predicted octanol–water partition coefficient (Wildman–Crippen LogP) is 4.57. The Bertz CT molecular complexity index is 857. The minimum Gasteiger partial charge on any atom is -0.461 e. The topological polar surface area (TPSA) is 67.9 Å². The molecule has 1 heterocycles. The predicted molar refractivity (Wildman–Crippen MR) is 103 cm³/mol. The van der Waals surface area contributed by atoms with Crippen LogP contribution in [0.4, 0.5) is 23.7 Å². The summed E-state index contributed by atoms with van der Waals surface area (Å²) in [6.45, 7) is 0.719. The monoisotopic (exact) mass is 422 g/mol. The zero-order valence-electron chi connectivity index (χ0n) is 16.0.